The van der Waals surface area contributed by atoms with Crippen LogP contribution in [-0.2, 0) is 14.8 Å². The maximum Gasteiger partial charge on any atom is 0.277 e. The van der Waals surface area contributed by atoms with Crippen molar-refractivity contribution in [2.24, 2.45) is 0 Å². The minimum atomic E-state index is -3.76. The van der Waals surface area contributed by atoms with Gasteiger partial charge in [0.15, 0.2) is 0 Å². The van der Waals surface area contributed by atoms with Crippen molar-refractivity contribution in [2.45, 2.75) is 10.1 Å². The van der Waals surface area contributed by atoms with Gasteiger partial charge in [0.25, 0.3) is 15.2 Å². The van der Waals surface area contributed by atoms with E-state index < -0.39 is 10.0 Å². The summed E-state index contributed by atoms with van der Waals surface area (Å²) in [6, 6.07) is 19.3. The van der Waals surface area contributed by atoms with Crippen molar-refractivity contribution < 1.29 is 22.4 Å². The highest BCUT2D eigenvalue weighted by molar-refractivity contribution is 7.99. The van der Waals surface area contributed by atoms with Crippen molar-refractivity contribution in [2.75, 3.05) is 22.9 Å². The van der Waals surface area contributed by atoms with Gasteiger partial charge in [-0.15, -0.1) is 10.2 Å². The molecule has 0 bridgehead atoms. The van der Waals surface area contributed by atoms with E-state index in [1.807, 2.05) is 0 Å². The van der Waals surface area contributed by atoms with E-state index in [2.05, 4.69) is 20.2 Å². The molecule has 9 nitrogen and oxygen atoms in total. The Morgan fingerprint density at radius 2 is 1.63 bits per heavy atom. The lowest BCUT2D eigenvalue weighted by atomic mass is 10.2. The third-order valence-corrected chi connectivity index (χ3v) is 7.08. The normalized spacial score (nSPS) is 11.1. The molecule has 3 aromatic carbocycles. The van der Waals surface area contributed by atoms with Crippen molar-refractivity contribution in [1.29, 1.82) is 0 Å². The number of aromatic nitrogens is 2. The van der Waals surface area contributed by atoms with Gasteiger partial charge in [0, 0.05) is 22.0 Å². The van der Waals surface area contributed by atoms with Crippen molar-refractivity contribution >= 4 is 50.7 Å². The molecular formula is C23H19ClN4O5S2. The SMILES string of the molecule is COc1ccc(S(=O)(=O)Nc2ccc(-c3nnc(SCC(=O)Nc4ccc(Cl)cc4)o3)cc2)cc1. The van der Waals surface area contributed by atoms with E-state index in [-0.39, 0.29) is 27.7 Å². The summed E-state index contributed by atoms with van der Waals surface area (Å²) in [5.74, 6) is 0.657. The van der Waals surface area contributed by atoms with E-state index in [0.717, 1.165) is 11.8 Å². The number of sulfonamides is 1. The zero-order chi connectivity index (χ0) is 24.8. The fourth-order valence-corrected chi connectivity index (χ4v) is 4.64. The van der Waals surface area contributed by atoms with E-state index >= 15 is 0 Å². The van der Waals surface area contributed by atoms with Gasteiger partial charge in [-0.25, -0.2) is 8.42 Å². The Bertz CT molecular complexity index is 1410. The molecule has 12 heteroatoms. The molecule has 0 aliphatic rings. The maximum atomic E-state index is 12.6. The summed E-state index contributed by atoms with van der Waals surface area (Å²) in [6.07, 6.45) is 0. The van der Waals surface area contributed by atoms with Gasteiger partial charge < -0.3 is 14.5 Å². The fourth-order valence-electron chi connectivity index (χ4n) is 2.89. The predicted octanol–water partition coefficient (Wildman–Crippen LogP) is 4.93. The van der Waals surface area contributed by atoms with Crippen molar-refractivity contribution in [1.82, 2.24) is 10.2 Å². The summed E-state index contributed by atoms with van der Waals surface area (Å²) in [4.78, 5) is 12.2. The smallest absolute Gasteiger partial charge is 0.277 e. The molecule has 0 radical (unpaired) electrons. The molecular weight excluding hydrogens is 512 g/mol. The number of hydrogen-bond donors (Lipinski definition) is 2. The van der Waals surface area contributed by atoms with Gasteiger partial charge >= 0.3 is 0 Å². The summed E-state index contributed by atoms with van der Waals surface area (Å²) in [5, 5.41) is 11.5. The molecule has 0 spiro atoms. The highest BCUT2D eigenvalue weighted by atomic mass is 35.5. The van der Waals surface area contributed by atoms with E-state index in [4.69, 9.17) is 20.8 Å². The number of halogens is 1. The maximum absolute atomic E-state index is 12.6. The van der Waals surface area contributed by atoms with Crippen LogP contribution in [0.3, 0.4) is 0 Å². The van der Waals surface area contributed by atoms with Crippen molar-refractivity contribution in [3.63, 3.8) is 0 Å². The number of nitrogens with one attached hydrogen (secondary N) is 2. The molecule has 0 unspecified atom stereocenters. The number of carbonyl (C=O) groups is 1. The quantitative estimate of drug-likeness (QED) is 0.292. The first-order valence-corrected chi connectivity index (χ1v) is 13.0. The average molecular weight is 531 g/mol. The Kier molecular flexibility index (Phi) is 7.59. The van der Waals surface area contributed by atoms with Crippen LogP contribution in [0.4, 0.5) is 11.4 Å². The Morgan fingerprint density at radius 3 is 2.29 bits per heavy atom. The van der Waals surface area contributed by atoms with Crippen LogP contribution in [0.1, 0.15) is 0 Å². The first-order valence-electron chi connectivity index (χ1n) is 10.1. The van der Waals surface area contributed by atoms with Gasteiger partial charge in [0.2, 0.25) is 11.8 Å². The summed E-state index contributed by atoms with van der Waals surface area (Å²) in [7, 11) is -2.25. The minimum absolute atomic E-state index is 0.0797. The second kappa shape index (κ2) is 10.8. The van der Waals surface area contributed by atoms with Gasteiger partial charge in [0.1, 0.15) is 5.75 Å². The molecule has 0 saturated heterocycles. The van der Waals surface area contributed by atoms with Gasteiger partial charge in [-0.1, -0.05) is 23.4 Å². The van der Waals surface area contributed by atoms with Gasteiger partial charge in [-0.05, 0) is 72.8 Å². The minimum Gasteiger partial charge on any atom is -0.497 e. The van der Waals surface area contributed by atoms with Crippen molar-refractivity contribution in [3.8, 4) is 17.2 Å². The number of rotatable bonds is 9. The number of anilines is 2. The Labute approximate surface area is 210 Å². The highest BCUT2D eigenvalue weighted by Crippen LogP contribution is 2.26. The summed E-state index contributed by atoms with van der Waals surface area (Å²) < 4.78 is 38.3. The first kappa shape index (κ1) is 24.6. The molecule has 1 aromatic heterocycles. The molecule has 0 saturated carbocycles. The predicted molar refractivity (Wildman–Crippen MR) is 134 cm³/mol. The first-order chi connectivity index (χ1) is 16.8. The summed E-state index contributed by atoms with van der Waals surface area (Å²) >= 11 is 6.93. The lowest BCUT2D eigenvalue weighted by Crippen LogP contribution is -2.13. The van der Waals surface area contributed by atoms with Crippen LogP contribution in [0.2, 0.25) is 5.02 Å². The van der Waals surface area contributed by atoms with Crippen LogP contribution in [0.5, 0.6) is 5.75 Å². The summed E-state index contributed by atoms with van der Waals surface area (Å²) in [6.45, 7) is 0. The van der Waals surface area contributed by atoms with Crippen LogP contribution in [-0.4, -0.2) is 37.4 Å². The molecule has 4 aromatic rings. The monoisotopic (exact) mass is 530 g/mol. The topological polar surface area (TPSA) is 123 Å². The number of methoxy groups -OCH3 is 1. The molecule has 1 heterocycles. The van der Waals surface area contributed by atoms with Gasteiger partial charge in [-0.3, -0.25) is 9.52 Å². The number of nitrogens with zero attached hydrogens (tertiary/aromatic N) is 2. The molecule has 2 N–H and O–H groups in total. The molecule has 0 aliphatic carbocycles. The van der Waals surface area contributed by atoms with Crippen molar-refractivity contribution in [3.05, 3.63) is 77.8 Å². The fraction of sp³-hybridized carbons (Fsp3) is 0.0870. The molecule has 4 rings (SSSR count). The molecule has 0 fully saturated rings. The number of thioether (sulfide) groups is 1. The zero-order valence-electron chi connectivity index (χ0n) is 18.3. The Morgan fingerprint density at radius 1 is 0.971 bits per heavy atom. The van der Waals surface area contributed by atoms with Crippen LogP contribution < -0.4 is 14.8 Å². The Hall–Kier alpha value is -3.54. The Balaban J connectivity index is 1.34. The largest absolute Gasteiger partial charge is 0.497 e. The number of carbonyl (C=O) groups excluding carboxylic acids is 1. The zero-order valence-corrected chi connectivity index (χ0v) is 20.7. The highest BCUT2D eigenvalue weighted by Gasteiger charge is 2.15. The average Bonchev–Trinajstić information content (AvgIpc) is 3.34. The van der Waals surface area contributed by atoms with E-state index in [1.165, 1.54) is 19.2 Å². The van der Waals surface area contributed by atoms with Crippen LogP contribution >= 0.6 is 23.4 Å². The van der Waals surface area contributed by atoms with Crippen LogP contribution in [0.25, 0.3) is 11.5 Å². The number of benzene rings is 3. The molecule has 180 valence electrons. The molecule has 0 atom stereocenters. The van der Waals surface area contributed by atoms with Gasteiger partial charge in [0.05, 0.1) is 17.8 Å². The molecule has 0 aliphatic heterocycles. The van der Waals surface area contributed by atoms with Crippen LogP contribution in [0, 0.1) is 0 Å². The third-order valence-electron chi connectivity index (χ3n) is 4.61. The lowest BCUT2D eigenvalue weighted by Gasteiger charge is -2.09. The molecule has 35 heavy (non-hydrogen) atoms. The van der Waals surface area contributed by atoms with E-state index in [9.17, 15) is 13.2 Å². The summed E-state index contributed by atoms with van der Waals surface area (Å²) in [5.41, 5.74) is 1.61. The van der Waals surface area contributed by atoms with Gasteiger partial charge in [-0.2, -0.15) is 0 Å². The van der Waals surface area contributed by atoms with Crippen LogP contribution in [0.15, 0.2) is 87.3 Å². The van der Waals surface area contributed by atoms with E-state index in [1.54, 1.807) is 60.7 Å². The second-order valence-corrected chi connectivity index (χ2v) is 10.1. The second-order valence-electron chi connectivity index (χ2n) is 7.08. The lowest BCUT2D eigenvalue weighted by molar-refractivity contribution is -0.113. The molecule has 1 amide bonds. The standard InChI is InChI=1S/C23H19ClN4O5S2/c1-32-19-10-12-20(13-11-19)35(30,31)28-18-6-2-15(3-7-18)22-26-27-23(33-22)34-14-21(29)25-17-8-4-16(24)5-9-17/h2-13,28H,14H2,1H3,(H,25,29). The number of ether oxygens (including phenoxy) is 1. The number of hydrogen-bond acceptors (Lipinski definition) is 8. The van der Waals surface area contributed by atoms with E-state index in [0.29, 0.717) is 27.7 Å². The number of amides is 1. The third kappa shape index (κ3) is 6.53.